The highest BCUT2D eigenvalue weighted by atomic mass is 19.4. The largest absolute Gasteiger partial charge is 0.468 e. The molecule has 0 spiro atoms. The van der Waals surface area contributed by atoms with E-state index in [4.69, 9.17) is 4.74 Å². The second-order valence-electron chi connectivity index (χ2n) is 10.9. The maximum absolute atomic E-state index is 13.2. The first kappa shape index (κ1) is 30.3. The van der Waals surface area contributed by atoms with Gasteiger partial charge in [0.25, 0.3) is 5.91 Å². The van der Waals surface area contributed by atoms with Gasteiger partial charge in [0.2, 0.25) is 0 Å². The molecule has 1 saturated heterocycles. The zero-order valence-corrected chi connectivity index (χ0v) is 23.5. The van der Waals surface area contributed by atoms with Gasteiger partial charge in [0.05, 0.1) is 18.1 Å². The zero-order valence-electron chi connectivity index (χ0n) is 23.5. The molecule has 1 N–H and O–H groups in total. The fourth-order valence-corrected chi connectivity index (χ4v) is 5.55. The Morgan fingerprint density at radius 1 is 0.878 bits per heavy atom. The van der Waals surface area contributed by atoms with Gasteiger partial charge in [-0.15, -0.1) is 0 Å². The van der Waals surface area contributed by atoms with Crippen molar-refractivity contribution < 1.29 is 27.5 Å². The van der Waals surface area contributed by atoms with Crippen molar-refractivity contribution in [1.82, 2.24) is 10.2 Å². The molecule has 218 valence electrons. The highest BCUT2D eigenvalue weighted by molar-refractivity contribution is 6.01. The minimum absolute atomic E-state index is 0.0279. The van der Waals surface area contributed by atoms with Crippen molar-refractivity contribution in [1.29, 1.82) is 0 Å². The monoisotopic (exact) mass is 566 g/mol. The summed E-state index contributed by atoms with van der Waals surface area (Å²) >= 11 is 0. The Bertz CT molecular complexity index is 1300. The summed E-state index contributed by atoms with van der Waals surface area (Å²) in [4.78, 5) is 28.2. The number of benzene rings is 3. The molecule has 8 heteroatoms. The molecular formula is C33H37F3N2O3. The van der Waals surface area contributed by atoms with Crippen LogP contribution in [0.5, 0.6) is 0 Å². The predicted octanol–water partition coefficient (Wildman–Crippen LogP) is 6.87. The number of nitrogens with one attached hydrogen (secondary N) is 1. The molecule has 5 nitrogen and oxygen atoms in total. The molecule has 1 fully saturated rings. The van der Waals surface area contributed by atoms with Crippen LogP contribution in [-0.2, 0) is 21.1 Å². The van der Waals surface area contributed by atoms with Gasteiger partial charge in [-0.2, -0.15) is 13.2 Å². The van der Waals surface area contributed by atoms with Crippen molar-refractivity contribution in [2.75, 3.05) is 26.7 Å². The molecule has 1 aliphatic rings. The number of hydrogen-bond donors (Lipinski definition) is 1. The van der Waals surface area contributed by atoms with Crippen LogP contribution < -0.4 is 5.32 Å². The second kappa shape index (κ2) is 13.3. The van der Waals surface area contributed by atoms with Crippen molar-refractivity contribution in [2.24, 2.45) is 0 Å². The minimum atomic E-state index is -4.41. The molecule has 1 atom stereocenters. The Kier molecular flexibility index (Phi) is 9.86. The van der Waals surface area contributed by atoms with Crippen molar-refractivity contribution in [3.8, 4) is 11.1 Å². The molecule has 3 aromatic carbocycles. The first-order valence-electron chi connectivity index (χ1n) is 14.1. The molecule has 1 heterocycles. The molecule has 1 amide bonds. The van der Waals surface area contributed by atoms with Crippen LogP contribution in [0, 0.1) is 0 Å². The number of carbonyl (C=O) groups is 2. The van der Waals surface area contributed by atoms with E-state index in [0.29, 0.717) is 23.1 Å². The number of nitrogens with zero attached hydrogens (tertiary/aromatic N) is 1. The first-order chi connectivity index (χ1) is 19.6. The lowest BCUT2D eigenvalue weighted by Gasteiger charge is -2.33. The van der Waals surface area contributed by atoms with E-state index in [2.05, 4.69) is 10.2 Å². The molecule has 1 aliphatic heterocycles. The number of methoxy groups -OCH3 is 1. The third-order valence-corrected chi connectivity index (χ3v) is 8.07. The van der Waals surface area contributed by atoms with E-state index >= 15 is 0 Å². The van der Waals surface area contributed by atoms with E-state index in [-0.39, 0.29) is 17.9 Å². The van der Waals surface area contributed by atoms with E-state index < -0.39 is 17.2 Å². The van der Waals surface area contributed by atoms with Gasteiger partial charge < -0.3 is 15.0 Å². The molecule has 41 heavy (non-hydrogen) atoms. The van der Waals surface area contributed by atoms with Gasteiger partial charge in [0.1, 0.15) is 0 Å². The molecule has 0 aromatic heterocycles. The average Bonchev–Trinajstić information content (AvgIpc) is 2.99. The van der Waals surface area contributed by atoms with Crippen molar-refractivity contribution >= 4 is 11.9 Å². The summed E-state index contributed by atoms with van der Waals surface area (Å²) in [5.41, 5.74) is 1.18. The number of ether oxygens (including phenoxy) is 1. The number of piperidine rings is 1. The summed E-state index contributed by atoms with van der Waals surface area (Å²) in [5, 5.41) is 3.13. The standard InChI is InChI=1S/C33H37F3N2O3/c1-32(31(40)41-2,25-10-4-3-5-11-25)20-8-9-21-38-22-18-27(19-23-38)37-30(39)29-13-7-6-12-28(29)24-14-16-26(17-15-24)33(34,35)36/h3-7,10-17,27H,8-9,18-23H2,1-2H3,(H,37,39). The van der Waals surface area contributed by atoms with Crippen LogP contribution in [0.3, 0.4) is 0 Å². The van der Waals surface area contributed by atoms with Gasteiger partial charge in [0, 0.05) is 24.7 Å². The summed E-state index contributed by atoms with van der Waals surface area (Å²) in [5.74, 6) is -0.442. The van der Waals surface area contributed by atoms with Crippen LogP contribution in [0.4, 0.5) is 13.2 Å². The summed E-state index contributed by atoms with van der Waals surface area (Å²) in [7, 11) is 1.43. The Labute approximate surface area is 239 Å². The molecule has 4 rings (SSSR count). The number of likely N-dealkylation sites (tertiary alicyclic amines) is 1. The van der Waals surface area contributed by atoms with E-state index in [1.54, 1.807) is 24.3 Å². The molecule has 3 aromatic rings. The fraction of sp³-hybridized carbons (Fsp3) is 0.394. The number of alkyl halides is 3. The Balaban J connectivity index is 1.26. The Morgan fingerprint density at radius 2 is 1.51 bits per heavy atom. The lowest BCUT2D eigenvalue weighted by molar-refractivity contribution is -0.147. The van der Waals surface area contributed by atoms with Crippen LogP contribution in [0.25, 0.3) is 11.1 Å². The van der Waals surface area contributed by atoms with Crippen LogP contribution >= 0.6 is 0 Å². The normalized spacial score (nSPS) is 16.1. The van der Waals surface area contributed by atoms with Gasteiger partial charge in [-0.25, -0.2) is 0 Å². The van der Waals surface area contributed by atoms with Gasteiger partial charge >= 0.3 is 12.1 Å². The summed E-state index contributed by atoms with van der Waals surface area (Å²) < 4.78 is 44.0. The van der Waals surface area contributed by atoms with Gasteiger partial charge in [-0.3, -0.25) is 9.59 Å². The maximum Gasteiger partial charge on any atom is 0.416 e. The van der Waals surface area contributed by atoms with Crippen LogP contribution in [-0.4, -0.2) is 49.6 Å². The average molecular weight is 567 g/mol. The SMILES string of the molecule is COC(=O)C(C)(CCCCN1CCC(NC(=O)c2ccccc2-c2ccc(C(F)(F)F)cc2)CC1)c1ccccc1. The van der Waals surface area contributed by atoms with Crippen LogP contribution in [0.2, 0.25) is 0 Å². The highest BCUT2D eigenvalue weighted by Crippen LogP contribution is 2.33. The number of unbranched alkanes of at least 4 members (excludes halogenated alkanes) is 1. The quantitative estimate of drug-likeness (QED) is 0.215. The smallest absolute Gasteiger partial charge is 0.416 e. The van der Waals surface area contributed by atoms with E-state index in [0.717, 1.165) is 63.0 Å². The highest BCUT2D eigenvalue weighted by Gasteiger charge is 2.35. The van der Waals surface area contributed by atoms with Gasteiger partial charge in [-0.05, 0) is 74.0 Å². The number of rotatable bonds is 10. The maximum atomic E-state index is 13.2. The molecule has 0 radical (unpaired) electrons. The van der Waals surface area contributed by atoms with E-state index in [1.165, 1.54) is 19.2 Å². The zero-order chi connectivity index (χ0) is 29.5. The number of hydrogen-bond acceptors (Lipinski definition) is 4. The third-order valence-electron chi connectivity index (χ3n) is 8.07. The molecule has 0 aliphatic carbocycles. The molecule has 0 bridgehead atoms. The van der Waals surface area contributed by atoms with Crippen molar-refractivity contribution in [3.05, 3.63) is 95.6 Å². The topological polar surface area (TPSA) is 58.6 Å². The molecular weight excluding hydrogens is 529 g/mol. The Morgan fingerprint density at radius 3 is 2.15 bits per heavy atom. The first-order valence-corrected chi connectivity index (χ1v) is 14.1. The number of carbonyl (C=O) groups excluding carboxylic acids is 2. The summed E-state index contributed by atoms with van der Waals surface area (Å²) in [6.45, 7) is 4.58. The van der Waals surface area contributed by atoms with Gasteiger partial charge in [-0.1, -0.05) is 67.1 Å². The fourth-order valence-electron chi connectivity index (χ4n) is 5.55. The minimum Gasteiger partial charge on any atom is -0.468 e. The summed E-state index contributed by atoms with van der Waals surface area (Å²) in [6.07, 6.45) is -0.227. The van der Waals surface area contributed by atoms with E-state index in [1.807, 2.05) is 37.3 Å². The second-order valence-corrected chi connectivity index (χ2v) is 10.9. The lowest BCUT2D eigenvalue weighted by Crippen LogP contribution is -2.45. The van der Waals surface area contributed by atoms with Crippen LogP contribution in [0.15, 0.2) is 78.9 Å². The molecule has 0 saturated carbocycles. The predicted molar refractivity (Wildman–Crippen MR) is 153 cm³/mol. The van der Waals surface area contributed by atoms with Crippen molar-refractivity contribution in [2.45, 2.75) is 56.7 Å². The number of halogens is 3. The number of esters is 1. The third kappa shape index (κ3) is 7.55. The lowest BCUT2D eigenvalue weighted by atomic mass is 9.78. The Hall–Kier alpha value is -3.65. The molecule has 1 unspecified atom stereocenters. The van der Waals surface area contributed by atoms with E-state index in [9.17, 15) is 22.8 Å². The van der Waals surface area contributed by atoms with Crippen LogP contribution in [0.1, 0.15) is 60.5 Å². The van der Waals surface area contributed by atoms with Gasteiger partial charge in [0.15, 0.2) is 0 Å². The number of amides is 1. The van der Waals surface area contributed by atoms with Crippen molar-refractivity contribution in [3.63, 3.8) is 0 Å². The summed E-state index contributed by atoms with van der Waals surface area (Å²) in [6, 6.07) is 21.7.